The molecule has 7 nitrogen and oxygen atoms in total. The number of nitrogens with one attached hydrogen (secondary N) is 2. The predicted molar refractivity (Wildman–Crippen MR) is 69.0 cm³/mol. The van der Waals surface area contributed by atoms with E-state index in [0.29, 0.717) is 18.1 Å². The van der Waals surface area contributed by atoms with Crippen LogP contribution in [-0.2, 0) is 9.57 Å². The molecule has 0 fully saturated rings. The molecule has 2 N–H and O–H groups in total. The molecular formula is C12H19N3O4. The second kappa shape index (κ2) is 7.01. The SMILES string of the molecule is COCCONC(=O)c1c(C)nc(C(C)C)[nH]c1=O. The van der Waals surface area contributed by atoms with Crippen LogP contribution in [0.3, 0.4) is 0 Å². The molecular weight excluding hydrogens is 250 g/mol. The lowest BCUT2D eigenvalue weighted by Crippen LogP contribution is -2.33. The van der Waals surface area contributed by atoms with E-state index in [2.05, 4.69) is 15.4 Å². The van der Waals surface area contributed by atoms with E-state index in [0.717, 1.165) is 0 Å². The fraction of sp³-hybridized carbons (Fsp3) is 0.583. The Morgan fingerprint density at radius 3 is 2.63 bits per heavy atom. The molecule has 0 aliphatic carbocycles. The van der Waals surface area contributed by atoms with Crippen molar-refractivity contribution < 1.29 is 14.4 Å². The minimum atomic E-state index is -0.613. The molecule has 0 aliphatic heterocycles. The maximum atomic E-state index is 11.9. The number of ether oxygens (including phenoxy) is 1. The van der Waals surface area contributed by atoms with Crippen molar-refractivity contribution in [3.8, 4) is 0 Å². The number of aromatic nitrogens is 2. The first-order valence-corrected chi connectivity index (χ1v) is 5.99. The van der Waals surface area contributed by atoms with Crippen molar-refractivity contribution in [1.29, 1.82) is 0 Å². The van der Waals surface area contributed by atoms with Gasteiger partial charge in [0.1, 0.15) is 11.4 Å². The van der Waals surface area contributed by atoms with Crippen LogP contribution < -0.4 is 11.0 Å². The van der Waals surface area contributed by atoms with Gasteiger partial charge < -0.3 is 9.72 Å². The lowest BCUT2D eigenvalue weighted by molar-refractivity contribution is 0.00871. The Morgan fingerprint density at radius 2 is 2.11 bits per heavy atom. The van der Waals surface area contributed by atoms with E-state index in [9.17, 15) is 9.59 Å². The van der Waals surface area contributed by atoms with Gasteiger partial charge in [-0.1, -0.05) is 13.8 Å². The molecule has 19 heavy (non-hydrogen) atoms. The van der Waals surface area contributed by atoms with Crippen molar-refractivity contribution >= 4 is 5.91 Å². The Labute approximate surface area is 111 Å². The monoisotopic (exact) mass is 269 g/mol. The topological polar surface area (TPSA) is 93.3 Å². The van der Waals surface area contributed by atoms with Gasteiger partial charge in [0.2, 0.25) is 0 Å². The van der Waals surface area contributed by atoms with Gasteiger partial charge in [-0.25, -0.2) is 10.5 Å². The molecule has 1 aromatic heterocycles. The van der Waals surface area contributed by atoms with Crippen molar-refractivity contribution in [1.82, 2.24) is 15.4 Å². The van der Waals surface area contributed by atoms with Crippen LogP contribution in [0.2, 0.25) is 0 Å². The fourth-order valence-electron chi connectivity index (χ4n) is 1.44. The number of amides is 1. The highest BCUT2D eigenvalue weighted by Crippen LogP contribution is 2.08. The van der Waals surface area contributed by atoms with Crippen molar-refractivity contribution in [2.24, 2.45) is 0 Å². The summed E-state index contributed by atoms with van der Waals surface area (Å²) in [6.07, 6.45) is 0. The number of hydrogen-bond donors (Lipinski definition) is 2. The summed E-state index contributed by atoms with van der Waals surface area (Å²) in [4.78, 5) is 35.3. The molecule has 0 saturated heterocycles. The Balaban J connectivity index is 2.83. The molecule has 0 bridgehead atoms. The maximum Gasteiger partial charge on any atom is 0.282 e. The number of carbonyl (C=O) groups is 1. The summed E-state index contributed by atoms with van der Waals surface area (Å²) in [5.74, 6) is 0.0264. The third kappa shape index (κ3) is 4.15. The molecule has 1 amide bonds. The molecule has 0 unspecified atom stereocenters. The molecule has 0 atom stereocenters. The van der Waals surface area contributed by atoms with E-state index in [-0.39, 0.29) is 18.1 Å². The number of carbonyl (C=O) groups excluding carboxylic acids is 1. The minimum Gasteiger partial charge on any atom is -0.382 e. The number of H-pyrrole nitrogens is 1. The highest BCUT2D eigenvalue weighted by Gasteiger charge is 2.17. The molecule has 0 aromatic carbocycles. The van der Waals surface area contributed by atoms with Crippen LogP contribution in [0.25, 0.3) is 0 Å². The smallest absolute Gasteiger partial charge is 0.282 e. The highest BCUT2D eigenvalue weighted by molar-refractivity contribution is 5.94. The number of aromatic amines is 1. The first-order chi connectivity index (χ1) is 8.97. The van der Waals surface area contributed by atoms with E-state index in [1.165, 1.54) is 7.11 Å². The molecule has 1 heterocycles. The minimum absolute atomic E-state index is 0.0400. The van der Waals surface area contributed by atoms with Gasteiger partial charge in [0.25, 0.3) is 11.5 Å². The number of nitrogens with zero attached hydrogens (tertiary/aromatic N) is 1. The lowest BCUT2D eigenvalue weighted by Gasteiger charge is -2.09. The number of hydroxylamine groups is 1. The van der Waals surface area contributed by atoms with Crippen LogP contribution in [0.1, 0.15) is 41.6 Å². The Kier molecular flexibility index (Phi) is 5.65. The molecule has 0 radical (unpaired) electrons. The quantitative estimate of drug-likeness (QED) is 0.579. The van der Waals surface area contributed by atoms with Crippen LogP contribution in [-0.4, -0.2) is 36.2 Å². The zero-order valence-electron chi connectivity index (χ0n) is 11.6. The number of methoxy groups -OCH3 is 1. The molecule has 0 saturated carbocycles. The van der Waals surface area contributed by atoms with E-state index in [1.54, 1.807) is 6.92 Å². The van der Waals surface area contributed by atoms with Crippen molar-refractivity contribution in [2.75, 3.05) is 20.3 Å². The average Bonchev–Trinajstić information content (AvgIpc) is 2.33. The second-order valence-electron chi connectivity index (χ2n) is 4.34. The van der Waals surface area contributed by atoms with Gasteiger partial charge in [-0.2, -0.15) is 0 Å². The maximum absolute atomic E-state index is 11.9. The van der Waals surface area contributed by atoms with E-state index >= 15 is 0 Å². The van der Waals surface area contributed by atoms with E-state index < -0.39 is 11.5 Å². The van der Waals surface area contributed by atoms with Crippen LogP contribution in [0.15, 0.2) is 4.79 Å². The molecule has 0 spiro atoms. The largest absolute Gasteiger partial charge is 0.382 e. The molecule has 7 heteroatoms. The number of rotatable bonds is 6. The third-order valence-electron chi connectivity index (χ3n) is 2.45. The summed E-state index contributed by atoms with van der Waals surface area (Å²) in [6, 6.07) is 0. The Bertz CT molecular complexity index is 496. The summed E-state index contributed by atoms with van der Waals surface area (Å²) in [6.45, 7) is 5.98. The van der Waals surface area contributed by atoms with Crippen LogP contribution in [0.5, 0.6) is 0 Å². The standard InChI is InChI=1S/C12H19N3O4/c1-7(2)10-13-8(3)9(11(16)14-10)12(17)15-19-6-5-18-4/h7H,5-6H2,1-4H3,(H,15,17)(H,13,14,16). The Morgan fingerprint density at radius 1 is 1.42 bits per heavy atom. The van der Waals surface area contributed by atoms with Gasteiger partial charge >= 0.3 is 0 Å². The lowest BCUT2D eigenvalue weighted by atomic mass is 10.1. The third-order valence-corrected chi connectivity index (χ3v) is 2.45. The van der Waals surface area contributed by atoms with Gasteiger partial charge in [0.05, 0.1) is 18.9 Å². The van der Waals surface area contributed by atoms with E-state index in [4.69, 9.17) is 9.57 Å². The second-order valence-corrected chi connectivity index (χ2v) is 4.34. The zero-order chi connectivity index (χ0) is 14.4. The predicted octanol–water partition coefficient (Wildman–Crippen LogP) is 0.510. The van der Waals surface area contributed by atoms with Crippen LogP contribution >= 0.6 is 0 Å². The summed E-state index contributed by atoms with van der Waals surface area (Å²) in [5, 5.41) is 0. The first kappa shape index (κ1) is 15.3. The summed E-state index contributed by atoms with van der Waals surface area (Å²) >= 11 is 0. The Hall–Kier alpha value is -1.73. The van der Waals surface area contributed by atoms with Crippen LogP contribution in [0, 0.1) is 6.92 Å². The first-order valence-electron chi connectivity index (χ1n) is 5.99. The zero-order valence-corrected chi connectivity index (χ0v) is 11.6. The van der Waals surface area contributed by atoms with Gasteiger partial charge in [0, 0.05) is 13.0 Å². The summed E-state index contributed by atoms with van der Waals surface area (Å²) < 4.78 is 4.76. The fourth-order valence-corrected chi connectivity index (χ4v) is 1.44. The van der Waals surface area contributed by atoms with Crippen LogP contribution in [0.4, 0.5) is 0 Å². The molecule has 106 valence electrons. The molecule has 1 rings (SSSR count). The summed E-state index contributed by atoms with van der Waals surface area (Å²) in [5.41, 5.74) is 2.05. The van der Waals surface area contributed by atoms with Crippen molar-refractivity contribution in [3.05, 3.63) is 27.4 Å². The highest BCUT2D eigenvalue weighted by atomic mass is 16.7. The van der Waals surface area contributed by atoms with Gasteiger partial charge in [-0.3, -0.25) is 14.4 Å². The number of hydrogen-bond acceptors (Lipinski definition) is 5. The molecule has 0 aliphatic rings. The summed E-state index contributed by atoms with van der Waals surface area (Å²) in [7, 11) is 1.52. The van der Waals surface area contributed by atoms with E-state index in [1.807, 2.05) is 13.8 Å². The van der Waals surface area contributed by atoms with Crippen molar-refractivity contribution in [3.63, 3.8) is 0 Å². The van der Waals surface area contributed by atoms with Gasteiger partial charge in [-0.15, -0.1) is 0 Å². The normalized spacial score (nSPS) is 10.8. The van der Waals surface area contributed by atoms with Gasteiger partial charge in [0.15, 0.2) is 0 Å². The van der Waals surface area contributed by atoms with Crippen molar-refractivity contribution in [2.45, 2.75) is 26.7 Å². The molecule has 1 aromatic rings. The number of aryl methyl sites for hydroxylation is 1. The average molecular weight is 269 g/mol. The van der Waals surface area contributed by atoms with Gasteiger partial charge in [-0.05, 0) is 6.92 Å².